The van der Waals surface area contributed by atoms with Gasteiger partial charge < -0.3 is 15.7 Å². The van der Waals surface area contributed by atoms with Crippen LogP contribution >= 0.6 is 0 Å². The molecular weight excluding hydrogens is 280 g/mol. The fraction of sp³-hybridized carbons (Fsp3) is 0.529. The van der Waals surface area contributed by atoms with Gasteiger partial charge in [0.05, 0.1) is 0 Å². The Morgan fingerprint density at radius 1 is 1.23 bits per heavy atom. The summed E-state index contributed by atoms with van der Waals surface area (Å²) in [5.74, 6) is 0.195. The van der Waals surface area contributed by atoms with Crippen molar-refractivity contribution < 1.29 is 14.7 Å². The quantitative estimate of drug-likeness (QED) is 0.781. The van der Waals surface area contributed by atoms with Crippen molar-refractivity contribution in [3.8, 4) is 0 Å². The lowest BCUT2D eigenvalue weighted by Crippen LogP contribution is -2.38. The largest absolute Gasteiger partial charge is 0.396 e. The van der Waals surface area contributed by atoms with Gasteiger partial charge in [-0.15, -0.1) is 0 Å². The number of aliphatic hydroxyl groups excluding tert-OH is 1. The van der Waals surface area contributed by atoms with Crippen LogP contribution in [0.1, 0.15) is 49.4 Å². The molecular formula is C17H24N2O3. The summed E-state index contributed by atoms with van der Waals surface area (Å²) in [6, 6.07) is 7.15. The first-order valence-corrected chi connectivity index (χ1v) is 7.94. The van der Waals surface area contributed by atoms with E-state index in [9.17, 15) is 9.59 Å². The molecule has 0 unspecified atom stereocenters. The van der Waals surface area contributed by atoms with E-state index in [0.717, 1.165) is 25.7 Å². The molecule has 5 nitrogen and oxygen atoms in total. The van der Waals surface area contributed by atoms with E-state index in [-0.39, 0.29) is 24.5 Å². The predicted octanol–water partition coefficient (Wildman–Crippen LogP) is 2.32. The van der Waals surface area contributed by atoms with Crippen molar-refractivity contribution in [3.05, 3.63) is 29.8 Å². The highest BCUT2D eigenvalue weighted by Gasteiger charge is 2.22. The molecule has 0 bridgehead atoms. The molecule has 5 heteroatoms. The number of carbonyl (C=O) groups excluding carboxylic acids is 2. The van der Waals surface area contributed by atoms with Crippen LogP contribution < -0.4 is 10.6 Å². The number of aliphatic hydroxyl groups is 1. The highest BCUT2D eigenvalue weighted by molar-refractivity contribution is 5.97. The van der Waals surface area contributed by atoms with E-state index < -0.39 is 0 Å². The van der Waals surface area contributed by atoms with Crippen LogP contribution in [0, 0.1) is 5.92 Å². The van der Waals surface area contributed by atoms with Crippen molar-refractivity contribution in [2.24, 2.45) is 5.92 Å². The van der Waals surface area contributed by atoms with E-state index in [4.69, 9.17) is 5.11 Å². The summed E-state index contributed by atoms with van der Waals surface area (Å²) in [4.78, 5) is 23.7. The molecule has 0 aliphatic heterocycles. The summed E-state index contributed by atoms with van der Waals surface area (Å²) in [6.45, 7) is 2.02. The van der Waals surface area contributed by atoms with Crippen LogP contribution in [-0.2, 0) is 4.79 Å². The Kier molecular flexibility index (Phi) is 5.95. The normalized spacial score (nSPS) is 21.2. The standard InChI is InChI=1S/C17H24N2O3/c1-2-16(21)18-15-5-3-4-13(10-15)17(22)19-14-8-6-12(11-20)7-9-14/h3-5,10,12,14,20H,2,6-9,11H2,1H3,(H,18,21)(H,19,22). The molecule has 22 heavy (non-hydrogen) atoms. The molecule has 0 atom stereocenters. The molecule has 2 amide bonds. The molecule has 0 aromatic heterocycles. The zero-order valence-electron chi connectivity index (χ0n) is 13.0. The maximum Gasteiger partial charge on any atom is 0.251 e. The lowest BCUT2D eigenvalue weighted by molar-refractivity contribution is -0.115. The number of amides is 2. The van der Waals surface area contributed by atoms with Gasteiger partial charge in [-0.25, -0.2) is 0 Å². The lowest BCUT2D eigenvalue weighted by Gasteiger charge is -2.28. The van der Waals surface area contributed by atoms with Crippen LogP contribution in [0.4, 0.5) is 5.69 Å². The molecule has 0 saturated heterocycles. The summed E-state index contributed by atoms with van der Waals surface area (Å²) < 4.78 is 0. The van der Waals surface area contributed by atoms with Crippen LogP contribution in [0.2, 0.25) is 0 Å². The average molecular weight is 304 g/mol. The Bertz CT molecular complexity index is 522. The Morgan fingerprint density at radius 2 is 1.95 bits per heavy atom. The first kappa shape index (κ1) is 16.5. The molecule has 1 saturated carbocycles. The van der Waals surface area contributed by atoms with Crippen molar-refractivity contribution in [2.45, 2.75) is 45.1 Å². The number of nitrogens with one attached hydrogen (secondary N) is 2. The molecule has 1 fully saturated rings. The molecule has 0 radical (unpaired) electrons. The van der Waals surface area contributed by atoms with Gasteiger partial charge in [-0.05, 0) is 49.8 Å². The number of hydrogen-bond donors (Lipinski definition) is 3. The second-order valence-electron chi connectivity index (χ2n) is 5.86. The third-order valence-electron chi connectivity index (χ3n) is 4.17. The van der Waals surface area contributed by atoms with Crippen molar-refractivity contribution in [2.75, 3.05) is 11.9 Å². The van der Waals surface area contributed by atoms with Gasteiger partial charge in [0.15, 0.2) is 0 Å². The van der Waals surface area contributed by atoms with Crippen LogP contribution in [0.15, 0.2) is 24.3 Å². The van der Waals surface area contributed by atoms with Crippen LogP contribution in [0.25, 0.3) is 0 Å². The minimum Gasteiger partial charge on any atom is -0.396 e. The fourth-order valence-corrected chi connectivity index (χ4v) is 2.75. The lowest BCUT2D eigenvalue weighted by atomic mass is 9.86. The smallest absolute Gasteiger partial charge is 0.251 e. The second-order valence-corrected chi connectivity index (χ2v) is 5.86. The fourth-order valence-electron chi connectivity index (χ4n) is 2.75. The monoisotopic (exact) mass is 304 g/mol. The van der Waals surface area contributed by atoms with Gasteiger partial charge in [0.1, 0.15) is 0 Å². The van der Waals surface area contributed by atoms with E-state index in [1.807, 2.05) is 0 Å². The summed E-state index contributed by atoms with van der Waals surface area (Å²) in [5.41, 5.74) is 1.20. The van der Waals surface area contributed by atoms with Gasteiger partial charge in [0, 0.05) is 30.3 Å². The number of carbonyl (C=O) groups is 2. The molecule has 0 heterocycles. The van der Waals surface area contributed by atoms with E-state index in [0.29, 0.717) is 23.6 Å². The highest BCUT2D eigenvalue weighted by Crippen LogP contribution is 2.24. The van der Waals surface area contributed by atoms with Crippen LogP contribution in [0.3, 0.4) is 0 Å². The Hall–Kier alpha value is -1.88. The van der Waals surface area contributed by atoms with Gasteiger partial charge in [0.25, 0.3) is 5.91 Å². The Morgan fingerprint density at radius 3 is 2.59 bits per heavy atom. The second kappa shape index (κ2) is 7.94. The molecule has 1 aliphatic rings. The highest BCUT2D eigenvalue weighted by atomic mass is 16.3. The summed E-state index contributed by atoms with van der Waals surface area (Å²) >= 11 is 0. The number of rotatable bonds is 5. The third kappa shape index (κ3) is 4.56. The van der Waals surface area contributed by atoms with Gasteiger partial charge >= 0.3 is 0 Å². The number of hydrogen-bond acceptors (Lipinski definition) is 3. The number of anilines is 1. The molecule has 2 rings (SSSR count). The van der Waals surface area contributed by atoms with Gasteiger partial charge in [-0.1, -0.05) is 13.0 Å². The van der Waals surface area contributed by atoms with Crippen LogP contribution in [-0.4, -0.2) is 29.6 Å². The molecule has 1 aliphatic carbocycles. The van der Waals surface area contributed by atoms with E-state index >= 15 is 0 Å². The van der Waals surface area contributed by atoms with Crippen molar-refractivity contribution >= 4 is 17.5 Å². The van der Waals surface area contributed by atoms with Gasteiger partial charge in [-0.2, -0.15) is 0 Å². The average Bonchev–Trinajstić information content (AvgIpc) is 2.55. The maximum atomic E-state index is 12.3. The summed E-state index contributed by atoms with van der Waals surface area (Å²) in [5, 5.41) is 14.9. The minimum absolute atomic E-state index is 0.0696. The van der Waals surface area contributed by atoms with Crippen molar-refractivity contribution in [1.82, 2.24) is 5.32 Å². The van der Waals surface area contributed by atoms with E-state index in [2.05, 4.69) is 10.6 Å². The topological polar surface area (TPSA) is 78.4 Å². The predicted molar refractivity (Wildman–Crippen MR) is 85.7 cm³/mol. The zero-order chi connectivity index (χ0) is 15.9. The Balaban J connectivity index is 1.92. The summed E-state index contributed by atoms with van der Waals surface area (Å²) in [6.07, 6.45) is 4.12. The van der Waals surface area contributed by atoms with E-state index in [1.165, 1.54) is 0 Å². The number of benzene rings is 1. The van der Waals surface area contributed by atoms with Gasteiger partial charge in [0.2, 0.25) is 5.91 Å². The van der Waals surface area contributed by atoms with Crippen molar-refractivity contribution in [3.63, 3.8) is 0 Å². The maximum absolute atomic E-state index is 12.3. The first-order chi connectivity index (χ1) is 10.6. The summed E-state index contributed by atoms with van der Waals surface area (Å²) in [7, 11) is 0. The minimum atomic E-state index is -0.111. The zero-order valence-corrected chi connectivity index (χ0v) is 13.0. The van der Waals surface area contributed by atoms with E-state index in [1.54, 1.807) is 31.2 Å². The molecule has 1 aromatic rings. The first-order valence-electron chi connectivity index (χ1n) is 7.94. The van der Waals surface area contributed by atoms with Crippen LogP contribution in [0.5, 0.6) is 0 Å². The Labute approximate surface area is 131 Å². The third-order valence-corrected chi connectivity index (χ3v) is 4.17. The molecule has 3 N–H and O–H groups in total. The van der Waals surface area contributed by atoms with Crippen molar-refractivity contribution in [1.29, 1.82) is 0 Å². The SMILES string of the molecule is CCC(=O)Nc1cccc(C(=O)NC2CCC(CO)CC2)c1. The molecule has 0 spiro atoms. The van der Waals surface area contributed by atoms with Gasteiger partial charge in [-0.3, -0.25) is 9.59 Å². The molecule has 1 aromatic carbocycles. The molecule has 120 valence electrons.